The predicted molar refractivity (Wildman–Crippen MR) is 197 cm³/mol. The molecular formula is C39H44N6O6Si. The monoisotopic (exact) mass is 720 g/mol. The SMILES string of the molecule is C[C@@H]1[C@@H]([Si](C)(C)O)[C@H](CCn2cc(C(CO)c3ccccc3)nn2)O[C@@]12C(=O)N(Cc1cccc(N3CCC3=O)c1)c1ccc(N3CCC3=O)cc12. The maximum atomic E-state index is 15.0. The Morgan fingerprint density at radius 1 is 0.942 bits per heavy atom. The van der Waals surface area contributed by atoms with Gasteiger partial charge in [-0.3, -0.25) is 19.1 Å². The third-order valence-electron chi connectivity index (χ3n) is 11.5. The van der Waals surface area contributed by atoms with Crippen LogP contribution in [0.4, 0.5) is 17.1 Å². The Labute approximate surface area is 303 Å². The zero-order chi connectivity index (χ0) is 36.4. The zero-order valence-corrected chi connectivity index (χ0v) is 30.7. The average Bonchev–Trinajstić information content (AvgIpc) is 3.77. The number of hydrogen-bond acceptors (Lipinski definition) is 8. The van der Waals surface area contributed by atoms with E-state index in [2.05, 4.69) is 10.3 Å². The van der Waals surface area contributed by atoms with Crippen molar-refractivity contribution in [3.8, 4) is 0 Å². The number of aromatic nitrogens is 3. The van der Waals surface area contributed by atoms with E-state index in [0.717, 1.165) is 22.5 Å². The van der Waals surface area contributed by atoms with Crippen molar-refractivity contribution >= 4 is 43.1 Å². The van der Waals surface area contributed by atoms with Crippen molar-refractivity contribution in [1.82, 2.24) is 15.0 Å². The molecule has 3 amide bonds. The number of amides is 3. The topological polar surface area (TPSA) is 141 Å². The molecule has 5 heterocycles. The molecule has 8 rings (SSSR count). The van der Waals surface area contributed by atoms with Crippen molar-refractivity contribution in [3.05, 3.63) is 101 Å². The Morgan fingerprint density at radius 2 is 1.65 bits per heavy atom. The molecule has 2 N–H and O–H groups in total. The highest BCUT2D eigenvalue weighted by Gasteiger charge is 2.66. The van der Waals surface area contributed by atoms with Gasteiger partial charge in [0.2, 0.25) is 11.8 Å². The molecule has 3 aromatic carbocycles. The van der Waals surface area contributed by atoms with Crippen LogP contribution in [0.3, 0.4) is 0 Å². The van der Waals surface area contributed by atoms with E-state index >= 15 is 4.79 Å². The fraction of sp³-hybridized carbons (Fsp3) is 0.410. The minimum atomic E-state index is -2.93. The second kappa shape index (κ2) is 13.1. The number of fused-ring (bicyclic) bond motifs is 2. The number of hydrogen-bond donors (Lipinski definition) is 2. The van der Waals surface area contributed by atoms with Crippen LogP contribution in [-0.4, -0.2) is 76.7 Å². The number of anilines is 3. The van der Waals surface area contributed by atoms with Gasteiger partial charge in [0, 0.05) is 67.1 Å². The minimum absolute atomic E-state index is 0.0375. The molecule has 270 valence electrons. The first kappa shape index (κ1) is 34.4. The molecule has 3 saturated heterocycles. The highest BCUT2D eigenvalue weighted by molar-refractivity contribution is 6.71. The van der Waals surface area contributed by atoms with Crippen LogP contribution < -0.4 is 14.7 Å². The standard InChI is InChI=1S/C39H44N6O6Si/c1-25-37(52(2,3)50)34(14-17-42-23-32(40-41-42)30(24-46)27-9-5-4-6-10-27)51-39(25)31-21-29(44-19-16-36(44)48)12-13-33(31)45(38(39)49)22-26-8-7-11-28(20-26)43-18-15-35(43)47/h4-13,20-21,23,25,30,34,37,46,50H,14-19,22,24H2,1-3H3/t25-,30?,34+,37-,39+/m1/s1. The molecule has 5 atom stereocenters. The van der Waals surface area contributed by atoms with E-state index in [-0.39, 0.29) is 48.3 Å². The molecule has 12 nitrogen and oxygen atoms in total. The smallest absolute Gasteiger partial charge is 0.264 e. The molecule has 1 spiro atoms. The molecule has 13 heteroatoms. The summed E-state index contributed by atoms with van der Waals surface area (Å²) in [6.45, 7) is 7.70. The van der Waals surface area contributed by atoms with Crippen molar-refractivity contribution in [3.63, 3.8) is 0 Å². The number of ether oxygens (including phenoxy) is 1. The fourth-order valence-electron chi connectivity index (χ4n) is 8.74. The minimum Gasteiger partial charge on any atom is -0.432 e. The van der Waals surface area contributed by atoms with Gasteiger partial charge in [-0.25, -0.2) is 0 Å². The Kier molecular flexibility index (Phi) is 8.64. The van der Waals surface area contributed by atoms with Gasteiger partial charge >= 0.3 is 0 Å². The molecule has 1 unspecified atom stereocenters. The van der Waals surface area contributed by atoms with Crippen molar-refractivity contribution in [1.29, 1.82) is 0 Å². The summed E-state index contributed by atoms with van der Waals surface area (Å²) < 4.78 is 8.82. The van der Waals surface area contributed by atoms with Gasteiger partial charge in [0.1, 0.15) is 0 Å². The van der Waals surface area contributed by atoms with E-state index in [0.29, 0.717) is 55.8 Å². The lowest BCUT2D eigenvalue weighted by atomic mass is 9.82. The number of aryl methyl sites for hydroxylation is 1. The maximum Gasteiger partial charge on any atom is 0.264 e. The first-order valence-corrected chi connectivity index (χ1v) is 21.1. The van der Waals surface area contributed by atoms with Gasteiger partial charge in [-0.1, -0.05) is 54.6 Å². The van der Waals surface area contributed by atoms with Crippen LogP contribution in [0.5, 0.6) is 0 Å². The van der Waals surface area contributed by atoms with Crippen LogP contribution in [0.15, 0.2) is 79.0 Å². The van der Waals surface area contributed by atoms with Crippen LogP contribution in [0.25, 0.3) is 0 Å². The average molecular weight is 721 g/mol. The van der Waals surface area contributed by atoms with Crippen LogP contribution >= 0.6 is 0 Å². The third-order valence-corrected chi connectivity index (χ3v) is 14.0. The van der Waals surface area contributed by atoms with Gasteiger partial charge in [0.05, 0.1) is 36.6 Å². The van der Waals surface area contributed by atoms with Gasteiger partial charge in [-0.05, 0) is 61.0 Å². The highest BCUT2D eigenvalue weighted by Crippen LogP contribution is 2.60. The van der Waals surface area contributed by atoms with Gasteiger partial charge < -0.3 is 29.3 Å². The van der Waals surface area contributed by atoms with Gasteiger partial charge in [-0.2, -0.15) is 0 Å². The summed E-state index contributed by atoms with van der Waals surface area (Å²) in [6.07, 6.45) is 2.87. The quantitative estimate of drug-likeness (QED) is 0.173. The molecule has 52 heavy (non-hydrogen) atoms. The van der Waals surface area contributed by atoms with Gasteiger partial charge in [0.25, 0.3) is 5.91 Å². The zero-order valence-electron chi connectivity index (χ0n) is 29.7. The summed E-state index contributed by atoms with van der Waals surface area (Å²) in [6, 6.07) is 23.2. The van der Waals surface area contributed by atoms with Crippen molar-refractivity contribution in [2.45, 2.75) is 75.5 Å². The molecule has 4 aliphatic rings. The van der Waals surface area contributed by atoms with E-state index in [1.165, 1.54) is 0 Å². The normalized spacial score (nSPS) is 24.8. The molecule has 0 aliphatic carbocycles. The summed E-state index contributed by atoms with van der Waals surface area (Å²) in [5.74, 6) is -0.767. The Bertz CT molecular complexity index is 2030. The van der Waals surface area contributed by atoms with Crippen molar-refractivity contribution < 1.29 is 29.0 Å². The second-order valence-electron chi connectivity index (χ2n) is 15.1. The number of benzene rings is 3. The molecule has 0 bridgehead atoms. The fourth-order valence-corrected chi connectivity index (χ4v) is 11.3. The largest absolute Gasteiger partial charge is 0.432 e. The molecule has 0 saturated carbocycles. The molecular weight excluding hydrogens is 677 g/mol. The number of rotatable bonds is 11. The van der Waals surface area contributed by atoms with Crippen LogP contribution in [0, 0.1) is 5.92 Å². The predicted octanol–water partition coefficient (Wildman–Crippen LogP) is 4.31. The number of carbonyl (C=O) groups excluding carboxylic acids is 3. The summed E-state index contributed by atoms with van der Waals surface area (Å²) in [5.41, 5.74) is 3.77. The summed E-state index contributed by atoms with van der Waals surface area (Å²) in [4.78, 5) is 56.9. The summed E-state index contributed by atoms with van der Waals surface area (Å²) >= 11 is 0. The Balaban J connectivity index is 1.12. The lowest BCUT2D eigenvalue weighted by molar-refractivity contribution is -0.146. The van der Waals surface area contributed by atoms with E-state index in [1.54, 1.807) is 19.4 Å². The number of carbonyl (C=O) groups is 3. The number of nitrogens with zero attached hydrogens (tertiary/aromatic N) is 6. The van der Waals surface area contributed by atoms with Crippen LogP contribution in [0.2, 0.25) is 18.6 Å². The first-order chi connectivity index (χ1) is 25.0. The van der Waals surface area contributed by atoms with Gasteiger partial charge in [0.15, 0.2) is 13.9 Å². The van der Waals surface area contributed by atoms with Crippen LogP contribution in [0.1, 0.15) is 54.5 Å². The Morgan fingerprint density at radius 3 is 2.29 bits per heavy atom. The summed E-state index contributed by atoms with van der Waals surface area (Å²) in [7, 11) is -2.93. The van der Waals surface area contributed by atoms with E-state index in [4.69, 9.17) is 4.74 Å². The molecule has 0 radical (unpaired) electrons. The number of β-lactam (4-membered cyclic amide) rings is 2. The second-order valence-corrected chi connectivity index (χ2v) is 19.0. The number of aliphatic hydroxyl groups excluding tert-OH is 1. The highest BCUT2D eigenvalue weighted by atomic mass is 28.4. The van der Waals surface area contributed by atoms with E-state index < -0.39 is 20.0 Å². The lowest BCUT2D eigenvalue weighted by Gasteiger charge is -2.33. The Hall–Kier alpha value is -4.69. The van der Waals surface area contributed by atoms with Crippen LogP contribution in [-0.2, 0) is 37.8 Å². The lowest BCUT2D eigenvalue weighted by Crippen LogP contribution is -2.46. The molecule has 3 fully saturated rings. The molecule has 4 aromatic rings. The van der Waals surface area contributed by atoms with E-state index in [9.17, 15) is 19.5 Å². The first-order valence-electron chi connectivity index (χ1n) is 18.1. The summed E-state index contributed by atoms with van der Waals surface area (Å²) in [5, 5.41) is 19.0. The molecule has 4 aliphatic heterocycles. The van der Waals surface area contributed by atoms with Gasteiger partial charge in [-0.15, -0.1) is 5.10 Å². The third kappa shape index (κ3) is 5.66. The van der Waals surface area contributed by atoms with Crippen molar-refractivity contribution in [2.24, 2.45) is 5.92 Å². The van der Waals surface area contributed by atoms with E-state index in [1.807, 2.05) is 99.0 Å². The number of aliphatic hydroxyl groups is 1. The molecule has 1 aromatic heterocycles. The van der Waals surface area contributed by atoms with Crippen molar-refractivity contribution in [2.75, 3.05) is 34.4 Å². The maximum absolute atomic E-state index is 15.0.